The summed E-state index contributed by atoms with van der Waals surface area (Å²) < 4.78 is 25.6. The van der Waals surface area contributed by atoms with E-state index in [1.807, 2.05) is 20.0 Å². The first-order valence-corrected chi connectivity index (χ1v) is 7.78. The van der Waals surface area contributed by atoms with Crippen molar-refractivity contribution in [3.63, 3.8) is 0 Å². The molecule has 1 amide bonds. The van der Waals surface area contributed by atoms with E-state index in [0.29, 0.717) is 0 Å². The van der Waals surface area contributed by atoms with E-state index >= 15 is 0 Å². The molecule has 112 valence electrons. The van der Waals surface area contributed by atoms with Crippen LogP contribution < -0.4 is 11.1 Å². The van der Waals surface area contributed by atoms with Crippen LogP contribution in [-0.4, -0.2) is 39.3 Å². The molecule has 0 spiro atoms. The van der Waals surface area contributed by atoms with Crippen LogP contribution in [-0.2, 0) is 14.8 Å². The molecule has 6 nitrogen and oxygen atoms in total. The predicted octanol–water partition coefficient (Wildman–Crippen LogP) is 0.463. The minimum absolute atomic E-state index is 0.0894. The first-order chi connectivity index (χ1) is 9.32. The third kappa shape index (κ3) is 3.78. The molecule has 0 heterocycles. The highest BCUT2D eigenvalue weighted by molar-refractivity contribution is 7.89. The maximum Gasteiger partial charge on any atom is 0.243 e. The van der Waals surface area contributed by atoms with E-state index in [2.05, 4.69) is 5.32 Å². The molecule has 1 rings (SSSR count). The average molecular weight is 299 g/mol. The SMILES string of the molecule is CCC(NC)c1cccc(S(=O)(=O)N(C)CC(N)=O)c1. The van der Waals surface area contributed by atoms with Gasteiger partial charge in [0.25, 0.3) is 0 Å². The van der Waals surface area contributed by atoms with Crippen molar-refractivity contribution in [3.8, 4) is 0 Å². The molecular weight excluding hydrogens is 278 g/mol. The van der Waals surface area contributed by atoms with Crippen molar-refractivity contribution in [2.24, 2.45) is 5.73 Å². The summed E-state index contributed by atoms with van der Waals surface area (Å²) in [5.74, 6) is -0.686. The Morgan fingerprint density at radius 2 is 2.10 bits per heavy atom. The van der Waals surface area contributed by atoms with Crippen molar-refractivity contribution in [2.45, 2.75) is 24.3 Å². The standard InChI is InChI=1S/C13H21N3O3S/c1-4-12(15-2)10-6-5-7-11(8-10)20(18,19)16(3)9-13(14)17/h5-8,12,15H,4,9H2,1-3H3,(H2,14,17). The van der Waals surface area contributed by atoms with Gasteiger partial charge in [-0.15, -0.1) is 0 Å². The Kier molecular flexibility index (Phi) is 5.67. The van der Waals surface area contributed by atoms with E-state index in [4.69, 9.17) is 5.73 Å². The molecule has 3 N–H and O–H groups in total. The number of carbonyl (C=O) groups excluding carboxylic acids is 1. The van der Waals surface area contributed by atoms with Crippen LogP contribution in [0.5, 0.6) is 0 Å². The van der Waals surface area contributed by atoms with E-state index < -0.39 is 15.9 Å². The number of rotatable bonds is 7. The predicted molar refractivity (Wildman–Crippen MR) is 77.5 cm³/mol. The number of amides is 1. The van der Waals surface area contributed by atoms with E-state index in [-0.39, 0.29) is 17.5 Å². The van der Waals surface area contributed by atoms with Crippen LogP contribution in [0.2, 0.25) is 0 Å². The summed E-state index contributed by atoms with van der Waals surface area (Å²) in [4.78, 5) is 11.0. The zero-order chi connectivity index (χ0) is 15.3. The summed E-state index contributed by atoms with van der Waals surface area (Å²) in [5, 5.41) is 3.13. The molecule has 1 aromatic rings. The van der Waals surface area contributed by atoms with E-state index in [0.717, 1.165) is 16.3 Å². The summed E-state index contributed by atoms with van der Waals surface area (Å²) >= 11 is 0. The summed E-state index contributed by atoms with van der Waals surface area (Å²) in [6.45, 7) is 1.68. The Morgan fingerprint density at radius 1 is 1.45 bits per heavy atom. The lowest BCUT2D eigenvalue weighted by Crippen LogP contribution is -2.35. The Balaban J connectivity index is 3.13. The van der Waals surface area contributed by atoms with Crippen LogP contribution in [0.4, 0.5) is 0 Å². The fourth-order valence-corrected chi connectivity index (χ4v) is 3.18. The van der Waals surface area contributed by atoms with Gasteiger partial charge in [0.2, 0.25) is 15.9 Å². The molecule has 0 aliphatic rings. The number of likely N-dealkylation sites (N-methyl/N-ethyl adjacent to an activating group) is 1. The number of nitrogens with one attached hydrogen (secondary N) is 1. The molecule has 1 aromatic carbocycles. The van der Waals surface area contributed by atoms with Crippen molar-refractivity contribution in [2.75, 3.05) is 20.6 Å². The molecule has 0 bridgehead atoms. The van der Waals surface area contributed by atoms with Crippen LogP contribution >= 0.6 is 0 Å². The van der Waals surface area contributed by atoms with Gasteiger partial charge in [-0.3, -0.25) is 4.79 Å². The highest BCUT2D eigenvalue weighted by atomic mass is 32.2. The molecule has 1 atom stereocenters. The number of benzene rings is 1. The number of hydrogen-bond donors (Lipinski definition) is 2. The highest BCUT2D eigenvalue weighted by Gasteiger charge is 2.23. The van der Waals surface area contributed by atoms with Crippen LogP contribution in [0.25, 0.3) is 0 Å². The number of nitrogens with zero attached hydrogens (tertiary/aromatic N) is 1. The zero-order valence-electron chi connectivity index (χ0n) is 12.0. The number of primary amides is 1. The van der Waals surface area contributed by atoms with Gasteiger partial charge in [0.1, 0.15) is 0 Å². The molecule has 0 radical (unpaired) electrons. The lowest BCUT2D eigenvalue weighted by atomic mass is 10.1. The molecule has 0 aliphatic heterocycles. The minimum atomic E-state index is -3.70. The lowest BCUT2D eigenvalue weighted by Gasteiger charge is -2.18. The zero-order valence-corrected chi connectivity index (χ0v) is 12.8. The average Bonchev–Trinajstić information content (AvgIpc) is 2.39. The molecule has 0 aromatic heterocycles. The molecule has 0 saturated heterocycles. The Morgan fingerprint density at radius 3 is 2.60 bits per heavy atom. The van der Waals surface area contributed by atoms with E-state index in [1.54, 1.807) is 12.1 Å². The smallest absolute Gasteiger partial charge is 0.243 e. The van der Waals surface area contributed by atoms with Crippen molar-refractivity contribution in [1.82, 2.24) is 9.62 Å². The lowest BCUT2D eigenvalue weighted by molar-refractivity contribution is -0.118. The maximum absolute atomic E-state index is 12.3. The van der Waals surface area contributed by atoms with Gasteiger partial charge in [-0.05, 0) is 31.2 Å². The fourth-order valence-electron chi connectivity index (χ4n) is 1.98. The first-order valence-electron chi connectivity index (χ1n) is 6.34. The van der Waals surface area contributed by atoms with Gasteiger partial charge in [0, 0.05) is 13.1 Å². The molecule has 0 saturated carbocycles. The van der Waals surface area contributed by atoms with E-state index in [1.165, 1.54) is 13.1 Å². The minimum Gasteiger partial charge on any atom is -0.369 e. The van der Waals surface area contributed by atoms with Gasteiger partial charge in [0.05, 0.1) is 11.4 Å². The molecule has 1 unspecified atom stereocenters. The van der Waals surface area contributed by atoms with Gasteiger partial charge in [0.15, 0.2) is 0 Å². The maximum atomic E-state index is 12.3. The number of hydrogen-bond acceptors (Lipinski definition) is 4. The second kappa shape index (κ2) is 6.83. The second-order valence-corrected chi connectivity index (χ2v) is 6.59. The number of nitrogens with two attached hydrogens (primary N) is 1. The van der Waals surface area contributed by atoms with Crippen molar-refractivity contribution in [1.29, 1.82) is 0 Å². The topological polar surface area (TPSA) is 92.5 Å². The monoisotopic (exact) mass is 299 g/mol. The first kappa shape index (κ1) is 16.6. The van der Waals surface area contributed by atoms with Crippen LogP contribution in [0, 0.1) is 0 Å². The van der Waals surface area contributed by atoms with Gasteiger partial charge < -0.3 is 11.1 Å². The van der Waals surface area contributed by atoms with Gasteiger partial charge in [-0.1, -0.05) is 19.1 Å². The van der Waals surface area contributed by atoms with Gasteiger partial charge in [-0.25, -0.2) is 8.42 Å². The summed E-state index contributed by atoms with van der Waals surface area (Å²) in [6, 6.07) is 6.79. The summed E-state index contributed by atoms with van der Waals surface area (Å²) in [5.41, 5.74) is 5.93. The second-order valence-electron chi connectivity index (χ2n) is 4.55. The fraction of sp³-hybridized carbons (Fsp3) is 0.462. The Hall–Kier alpha value is -1.44. The van der Waals surface area contributed by atoms with Crippen LogP contribution in [0.15, 0.2) is 29.2 Å². The molecular formula is C13H21N3O3S. The molecule has 20 heavy (non-hydrogen) atoms. The third-order valence-electron chi connectivity index (χ3n) is 3.10. The number of sulfonamides is 1. The quantitative estimate of drug-likeness (QED) is 0.765. The highest BCUT2D eigenvalue weighted by Crippen LogP contribution is 2.21. The molecule has 7 heteroatoms. The van der Waals surface area contributed by atoms with Crippen LogP contribution in [0.1, 0.15) is 24.9 Å². The Labute approximate surface area is 120 Å². The van der Waals surface area contributed by atoms with Crippen molar-refractivity contribution in [3.05, 3.63) is 29.8 Å². The van der Waals surface area contributed by atoms with E-state index in [9.17, 15) is 13.2 Å². The normalized spacial score (nSPS) is 13.4. The molecule has 0 fully saturated rings. The van der Waals surface area contributed by atoms with Crippen molar-refractivity contribution >= 4 is 15.9 Å². The van der Waals surface area contributed by atoms with Gasteiger partial charge >= 0.3 is 0 Å². The molecule has 0 aliphatic carbocycles. The van der Waals surface area contributed by atoms with Gasteiger partial charge in [-0.2, -0.15) is 4.31 Å². The summed E-state index contributed by atoms with van der Waals surface area (Å²) in [6.07, 6.45) is 0.844. The Bertz CT molecular complexity index is 568. The van der Waals surface area contributed by atoms with Crippen molar-refractivity contribution < 1.29 is 13.2 Å². The largest absolute Gasteiger partial charge is 0.369 e. The number of carbonyl (C=O) groups is 1. The third-order valence-corrected chi connectivity index (χ3v) is 4.90. The summed E-state index contributed by atoms with van der Waals surface area (Å²) in [7, 11) is -0.538. The van der Waals surface area contributed by atoms with Crippen LogP contribution in [0.3, 0.4) is 0 Å².